The van der Waals surface area contributed by atoms with Crippen LogP contribution in [0.25, 0.3) is 0 Å². The summed E-state index contributed by atoms with van der Waals surface area (Å²) in [4.78, 5) is 16.4. The Morgan fingerprint density at radius 2 is 2.18 bits per heavy atom. The number of pyridine rings is 1. The minimum Gasteiger partial charge on any atom is -0.349 e. The minimum atomic E-state index is -0.0252. The number of rotatable bonds is 5. The molecule has 0 radical (unpaired) electrons. The maximum Gasteiger partial charge on any atom is 0.253 e. The van der Waals surface area contributed by atoms with Gasteiger partial charge in [0.15, 0.2) is 0 Å². The van der Waals surface area contributed by atoms with E-state index in [0.29, 0.717) is 5.56 Å². The number of hydrogen-bond donors (Lipinski definition) is 1. The third-order valence-corrected chi connectivity index (χ3v) is 3.21. The number of aryl methyl sites for hydroxylation is 2. The lowest BCUT2D eigenvalue weighted by Crippen LogP contribution is -2.35. The molecule has 1 unspecified atom stereocenters. The molecule has 0 aromatic carbocycles. The second-order valence-corrected chi connectivity index (χ2v) is 4.93. The standard InChI is InChI=1S/C13H19BrN2O/c1-4-11(7-8-14)16-13(17)12-6-5-9(2)15-10(12)3/h5-6,11H,4,7-8H2,1-3H3,(H,16,17). The topological polar surface area (TPSA) is 42.0 Å². The summed E-state index contributed by atoms with van der Waals surface area (Å²) in [6, 6.07) is 3.93. The highest BCUT2D eigenvalue weighted by molar-refractivity contribution is 9.09. The zero-order chi connectivity index (χ0) is 12.8. The zero-order valence-electron chi connectivity index (χ0n) is 10.6. The van der Waals surface area contributed by atoms with Gasteiger partial charge in [-0.25, -0.2) is 0 Å². The Morgan fingerprint density at radius 1 is 1.47 bits per heavy atom. The molecule has 17 heavy (non-hydrogen) atoms. The number of nitrogens with one attached hydrogen (secondary N) is 1. The molecule has 1 aromatic heterocycles. The van der Waals surface area contributed by atoms with Crippen LogP contribution in [0.1, 0.15) is 41.5 Å². The van der Waals surface area contributed by atoms with Crippen LogP contribution < -0.4 is 5.32 Å². The molecule has 1 N–H and O–H groups in total. The van der Waals surface area contributed by atoms with Crippen molar-refractivity contribution in [2.24, 2.45) is 0 Å². The average molecular weight is 299 g/mol. The molecule has 1 heterocycles. The van der Waals surface area contributed by atoms with E-state index in [1.165, 1.54) is 0 Å². The van der Waals surface area contributed by atoms with Crippen molar-refractivity contribution < 1.29 is 4.79 Å². The highest BCUT2D eigenvalue weighted by Crippen LogP contribution is 2.08. The van der Waals surface area contributed by atoms with Gasteiger partial charge in [0.2, 0.25) is 0 Å². The average Bonchev–Trinajstić information content (AvgIpc) is 2.28. The molecule has 0 aliphatic heterocycles. The van der Waals surface area contributed by atoms with Crippen LogP contribution in [-0.4, -0.2) is 22.3 Å². The summed E-state index contributed by atoms with van der Waals surface area (Å²) in [6.07, 6.45) is 1.89. The molecule has 0 fully saturated rings. The first kappa shape index (κ1) is 14.2. The van der Waals surface area contributed by atoms with Crippen LogP contribution >= 0.6 is 15.9 Å². The Balaban J connectivity index is 2.75. The molecule has 3 nitrogen and oxygen atoms in total. The van der Waals surface area contributed by atoms with E-state index in [-0.39, 0.29) is 11.9 Å². The quantitative estimate of drug-likeness (QED) is 0.849. The third-order valence-electron chi connectivity index (χ3n) is 2.76. The summed E-state index contributed by atoms with van der Waals surface area (Å²) in [5.74, 6) is -0.0252. The second-order valence-electron chi connectivity index (χ2n) is 4.14. The third kappa shape index (κ3) is 4.11. The molecule has 1 atom stereocenters. The SMILES string of the molecule is CCC(CCBr)NC(=O)c1ccc(C)nc1C. The lowest BCUT2D eigenvalue weighted by atomic mass is 10.1. The number of aromatic nitrogens is 1. The van der Waals surface area contributed by atoms with Gasteiger partial charge < -0.3 is 5.32 Å². The summed E-state index contributed by atoms with van der Waals surface area (Å²) in [7, 11) is 0. The molecule has 94 valence electrons. The van der Waals surface area contributed by atoms with Gasteiger partial charge >= 0.3 is 0 Å². The number of halogens is 1. The Hall–Kier alpha value is -0.900. The number of amides is 1. The second kappa shape index (κ2) is 6.74. The van der Waals surface area contributed by atoms with Crippen LogP contribution in [-0.2, 0) is 0 Å². The monoisotopic (exact) mass is 298 g/mol. The molecule has 1 amide bonds. The normalized spacial score (nSPS) is 12.2. The van der Waals surface area contributed by atoms with Crippen molar-refractivity contribution >= 4 is 21.8 Å². The van der Waals surface area contributed by atoms with Gasteiger partial charge in [0.05, 0.1) is 11.3 Å². The summed E-state index contributed by atoms with van der Waals surface area (Å²) in [5, 5.41) is 3.93. The molecule has 1 aromatic rings. The maximum atomic E-state index is 12.1. The van der Waals surface area contributed by atoms with Crippen LogP contribution in [0.3, 0.4) is 0 Å². The Labute approximate surface area is 111 Å². The van der Waals surface area contributed by atoms with Crippen molar-refractivity contribution in [1.29, 1.82) is 0 Å². The van der Waals surface area contributed by atoms with E-state index < -0.39 is 0 Å². The van der Waals surface area contributed by atoms with Crippen molar-refractivity contribution in [2.75, 3.05) is 5.33 Å². The van der Waals surface area contributed by atoms with E-state index in [0.717, 1.165) is 29.6 Å². The van der Waals surface area contributed by atoms with Crippen LogP contribution in [0, 0.1) is 13.8 Å². The summed E-state index contributed by atoms with van der Waals surface area (Å²) >= 11 is 3.40. The first-order valence-electron chi connectivity index (χ1n) is 5.89. The first-order valence-corrected chi connectivity index (χ1v) is 7.01. The Morgan fingerprint density at radius 3 is 2.71 bits per heavy atom. The van der Waals surface area contributed by atoms with Crippen molar-refractivity contribution in [3.63, 3.8) is 0 Å². The van der Waals surface area contributed by atoms with Crippen LogP contribution in [0.5, 0.6) is 0 Å². The highest BCUT2D eigenvalue weighted by Gasteiger charge is 2.14. The van der Waals surface area contributed by atoms with E-state index in [1.807, 2.05) is 26.0 Å². The molecule has 4 heteroatoms. The van der Waals surface area contributed by atoms with Gasteiger partial charge in [0.1, 0.15) is 0 Å². The number of alkyl halides is 1. The number of nitrogens with zero attached hydrogens (tertiary/aromatic N) is 1. The molecule has 0 spiro atoms. The Bertz CT molecular complexity index is 393. The summed E-state index contributed by atoms with van der Waals surface area (Å²) < 4.78 is 0. The van der Waals surface area contributed by atoms with Crippen molar-refractivity contribution in [3.8, 4) is 0 Å². The van der Waals surface area contributed by atoms with Crippen LogP contribution in [0.2, 0.25) is 0 Å². The highest BCUT2D eigenvalue weighted by atomic mass is 79.9. The Kier molecular flexibility index (Phi) is 5.62. The lowest BCUT2D eigenvalue weighted by molar-refractivity contribution is 0.0934. The molecular formula is C13H19BrN2O. The molecule has 0 saturated heterocycles. The largest absolute Gasteiger partial charge is 0.349 e. The molecule has 0 aliphatic carbocycles. The van der Waals surface area contributed by atoms with Gasteiger partial charge in [-0.3, -0.25) is 9.78 Å². The van der Waals surface area contributed by atoms with Gasteiger partial charge in [-0.2, -0.15) is 0 Å². The van der Waals surface area contributed by atoms with Crippen LogP contribution in [0.15, 0.2) is 12.1 Å². The first-order chi connectivity index (χ1) is 8.08. The fourth-order valence-corrected chi connectivity index (χ4v) is 2.25. The number of carbonyl (C=O) groups is 1. The van der Waals surface area contributed by atoms with Crippen LogP contribution in [0.4, 0.5) is 0 Å². The minimum absolute atomic E-state index is 0.0252. The van der Waals surface area contributed by atoms with E-state index in [1.54, 1.807) is 0 Å². The van der Waals surface area contributed by atoms with Crippen molar-refractivity contribution in [3.05, 3.63) is 29.1 Å². The van der Waals surface area contributed by atoms with Gasteiger partial charge in [0, 0.05) is 17.1 Å². The fraction of sp³-hybridized carbons (Fsp3) is 0.538. The summed E-state index contributed by atoms with van der Waals surface area (Å²) in [5.41, 5.74) is 2.39. The van der Waals surface area contributed by atoms with Crippen molar-refractivity contribution in [1.82, 2.24) is 10.3 Å². The number of hydrogen-bond acceptors (Lipinski definition) is 2. The van der Waals surface area contributed by atoms with Gasteiger partial charge in [-0.15, -0.1) is 0 Å². The van der Waals surface area contributed by atoms with Gasteiger partial charge in [-0.05, 0) is 38.8 Å². The van der Waals surface area contributed by atoms with Crippen molar-refractivity contribution in [2.45, 2.75) is 39.7 Å². The molecule has 1 rings (SSSR count). The molecule has 0 bridgehead atoms. The van der Waals surface area contributed by atoms with E-state index in [4.69, 9.17) is 0 Å². The molecule has 0 saturated carbocycles. The van der Waals surface area contributed by atoms with E-state index in [9.17, 15) is 4.79 Å². The maximum absolute atomic E-state index is 12.1. The molecule has 0 aliphatic rings. The van der Waals surface area contributed by atoms with Gasteiger partial charge in [-0.1, -0.05) is 22.9 Å². The lowest BCUT2D eigenvalue weighted by Gasteiger charge is -2.16. The predicted molar refractivity (Wildman–Crippen MR) is 73.7 cm³/mol. The van der Waals surface area contributed by atoms with Gasteiger partial charge in [0.25, 0.3) is 5.91 Å². The number of carbonyl (C=O) groups excluding carboxylic acids is 1. The smallest absolute Gasteiger partial charge is 0.253 e. The fourth-order valence-electron chi connectivity index (χ4n) is 1.70. The predicted octanol–water partition coefficient (Wildman–Crippen LogP) is 2.99. The van der Waals surface area contributed by atoms with E-state index in [2.05, 4.69) is 33.2 Å². The van der Waals surface area contributed by atoms with E-state index >= 15 is 0 Å². The zero-order valence-corrected chi connectivity index (χ0v) is 12.2. The summed E-state index contributed by atoms with van der Waals surface area (Å²) in [6.45, 7) is 5.87. The molecular weight excluding hydrogens is 280 g/mol.